The molecule has 1 rings (SSSR count). The van der Waals surface area contributed by atoms with E-state index in [0.717, 1.165) is 17.2 Å². The molecule has 1 atom stereocenters. The second kappa shape index (κ2) is 6.60. The Hall–Kier alpha value is -0.940. The molecule has 1 N–H and O–H groups in total. The van der Waals surface area contributed by atoms with Crippen LogP contribution in [0.2, 0.25) is 0 Å². The van der Waals surface area contributed by atoms with Gasteiger partial charge in [-0.05, 0) is 7.05 Å². The third-order valence-electron chi connectivity index (χ3n) is 2.31. The average molecular weight is 242 g/mol. The lowest BCUT2D eigenvalue weighted by Gasteiger charge is -2.05. The van der Waals surface area contributed by atoms with E-state index in [1.165, 1.54) is 7.11 Å². The van der Waals surface area contributed by atoms with Crippen molar-refractivity contribution in [3.05, 3.63) is 16.1 Å². The SMILES string of the molecule is CNCC(C)c1nc(CCC(=O)OC)cs1. The molecule has 5 heteroatoms. The normalized spacial score (nSPS) is 12.4. The highest BCUT2D eigenvalue weighted by Crippen LogP contribution is 2.20. The molecule has 0 saturated carbocycles. The summed E-state index contributed by atoms with van der Waals surface area (Å²) < 4.78 is 4.59. The van der Waals surface area contributed by atoms with Gasteiger partial charge >= 0.3 is 5.97 Å². The van der Waals surface area contributed by atoms with Gasteiger partial charge in [0.25, 0.3) is 0 Å². The standard InChI is InChI=1S/C11H18N2O2S/c1-8(6-12-2)11-13-9(7-16-11)4-5-10(14)15-3/h7-8,12H,4-6H2,1-3H3. The Labute approximate surface area is 100 Å². The first-order valence-electron chi connectivity index (χ1n) is 5.33. The fraction of sp³-hybridized carbons (Fsp3) is 0.636. The van der Waals surface area contributed by atoms with Gasteiger partial charge in [-0.3, -0.25) is 4.79 Å². The molecule has 1 aromatic heterocycles. The number of carbonyl (C=O) groups excluding carboxylic acids is 1. The van der Waals surface area contributed by atoms with Crippen LogP contribution in [0.1, 0.15) is 30.0 Å². The van der Waals surface area contributed by atoms with Crippen LogP contribution < -0.4 is 5.32 Å². The number of nitrogens with one attached hydrogen (secondary N) is 1. The fourth-order valence-electron chi connectivity index (χ4n) is 1.39. The van der Waals surface area contributed by atoms with Crippen LogP contribution in [0, 0.1) is 0 Å². The van der Waals surface area contributed by atoms with Crippen LogP contribution in [0.4, 0.5) is 0 Å². The number of hydrogen-bond donors (Lipinski definition) is 1. The molecular weight excluding hydrogens is 224 g/mol. The molecule has 0 aliphatic carbocycles. The zero-order valence-corrected chi connectivity index (χ0v) is 10.8. The predicted molar refractivity (Wildman–Crippen MR) is 64.8 cm³/mol. The zero-order chi connectivity index (χ0) is 12.0. The highest BCUT2D eigenvalue weighted by molar-refractivity contribution is 7.09. The van der Waals surface area contributed by atoms with Crippen molar-refractivity contribution in [3.8, 4) is 0 Å². The van der Waals surface area contributed by atoms with Crippen molar-refractivity contribution in [1.82, 2.24) is 10.3 Å². The first-order chi connectivity index (χ1) is 7.67. The van der Waals surface area contributed by atoms with Crippen molar-refractivity contribution in [1.29, 1.82) is 0 Å². The van der Waals surface area contributed by atoms with Crippen molar-refractivity contribution in [2.45, 2.75) is 25.7 Å². The largest absolute Gasteiger partial charge is 0.469 e. The zero-order valence-electron chi connectivity index (χ0n) is 9.95. The summed E-state index contributed by atoms with van der Waals surface area (Å²) in [4.78, 5) is 15.5. The van der Waals surface area contributed by atoms with Crippen LogP contribution in [0.15, 0.2) is 5.38 Å². The van der Waals surface area contributed by atoms with Gasteiger partial charge in [0.1, 0.15) is 0 Å². The maximum atomic E-state index is 11.0. The summed E-state index contributed by atoms with van der Waals surface area (Å²) in [7, 11) is 3.34. The van der Waals surface area contributed by atoms with Crippen LogP contribution in [0.5, 0.6) is 0 Å². The first kappa shape index (κ1) is 13.1. The monoisotopic (exact) mass is 242 g/mol. The van der Waals surface area contributed by atoms with Gasteiger partial charge in [0.05, 0.1) is 24.2 Å². The van der Waals surface area contributed by atoms with E-state index >= 15 is 0 Å². The van der Waals surface area contributed by atoms with E-state index in [2.05, 4.69) is 22.0 Å². The maximum Gasteiger partial charge on any atom is 0.305 e. The number of aryl methyl sites for hydroxylation is 1. The third kappa shape index (κ3) is 3.90. The van der Waals surface area contributed by atoms with Gasteiger partial charge in [-0.2, -0.15) is 0 Å². The number of rotatable bonds is 6. The number of likely N-dealkylation sites (N-methyl/N-ethyl adjacent to an activating group) is 1. The van der Waals surface area contributed by atoms with E-state index < -0.39 is 0 Å². The Bertz CT molecular complexity index is 338. The lowest BCUT2D eigenvalue weighted by Crippen LogP contribution is -2.14. The van der Waals surface area contributed by atoms with Gasteiger partial charge < -0.3 is 10.1 Å². The number of hydrogen-bond acceptors (Lipinski definition) is 5. The van der Waals surface area contributed by atoms with Crippen molar-refractivity contribution < 1.29 is 9.53 Å². The number of nitrogens with zero attached hydrogens (tertiary/aromatic N) is 1. The second-order valence-electron chi connectivity index (χ2n) is 3.71. The van der Waals surface area contributed by atoms with E-state index in [-0.39, 0.29) is 5.97 Å². The molecule has 0 fully saturated rings. The molecule has 0 bridgehead atoms. The molecule has 0 aliphatic heterocycles. The van der Waals surface area contributed by atoms with Crippen LogP contribution in [0.25, 0.3) is 0 Å². The lowest BCUT2D eigenvalue weighted by molar-refractivity contribution is -0.140. The van der Waals surface area contributed by atoms with Crippen molar-refractivity contribution in [3.63, 3.8) is 0 Å². The van der Waals surface area contributed by atoms with Crippen molar-refractivity contribution >= 4 is 17.3 Å². The van der Waals surface area contributed by atoms with E-state index in [9.17, 15) is 4.79 Å². The van der Waals surface area contributed by atoms with E-state index in [0.29, 0.717) is 18.8 Å². The number of aromatic nitrogens is 1. The second-order valence-corrected chi connectivity index (χ2v) is 4.60. The Morgan fingerprint density at radius 3 is 3.06 bits per heavy atom. The molecule has 4 nitrogen and oxygen atoms in total. The molecular formula is C11H18N2O2S. The van der Waals surface area contributed by atoms with Gasteiger partial charge in [0, 0.05) is 24.3 Å². The molecule has 1 aromatic rings. The van der Waals surface area contributed by atoms with E-state index in [1.54, 1.807) is 11.3 Å². The van der Waals surface area contributed by atoms with Crippen molar-refractivity contribution in [2.75, 3.05) is 20.7 Å². The van der Waals surface area contributed by atoms with Crippen LogP contribution in [-0.2, 0) is 16.0 Å². The maximum absolute atomic E-state index is 11.0. The minimum atomic E-state index is -0.183. The quantitative estimate of drug-likeness (QED) is 0.769. The van der Waals surface area contributed by atoms with Crippen LogP contribution in [0.3, 0.4) is 0 Å². The van der Waals surface area contributed by atoms with Crippen LogP contribution in [-0.4, -0.2) is 31.7 Å². The highest BCUT2D eigenvalue weighted by Gasteiger charge is 2.10. The number of methoxy groups -OCH3 is 1. The van der Waals surface area contributed by atoms with Crippen LogP contribution >= 0.6 is 11.3 Å². The number of thiazole rings is 1. The molecule has 90 valence electrons. The molecule has 16 heavy (non-hydrogen) atoms. The Balaban J connectivity index is 2.48. The summed E-state index contributed by atoms with van der Waals surface area (Å²) in [6.07, 6.45) is 1.07. The van der Waals surface area contributed by atoms with Crippen molar-refractivity contribution in [2.24, 2.45) is 0 Å². The van der Waals surface area contributed by atoms with Gasteiger partial charge in [-0.15, -0.1) is 11.3 Å². The minimum Gasteiger partial charge on any atom is -0.469 e. The number of esters is 1. The summed E-state index contributed by atoms with van der Waals surface area (Å²) in [6.45, 7) is 3.06. The molecule has 1 heterocycles. The molecule has 0 aliphatic rings. The molecule has 0 aromatic carbocycles. The lowest BCUT2D eigenvalue weighted by atomic mass is 10.2. The minimum absolute atomic E-state index is 0.183. The highest BCUT2D eigenvalue weighted by atomic mass is 32.1. The Kier molecular flexibility index (Phi) is 5.42. The molecule has 0 radical (unpaired) electrons. The van der Waals surface area contributed by atoms with E-state index in [1.807, 2.05) is 12.4 Å². The smallest absolute Gasteiger partial charge is 0.305 e. The van der Waals surface area contributed by atoms with Gasteiger partial charge in [0.2, 0.25) is 0 Å². The molecule has 1 unspecified atom stereocenters. The number of ether oxygens (including phenoxy) is 1. The predicted octanol–water partition coefficient (Wildman–Crippen LogP) is 1.57. The summed E-state index contributed by atoms with van der Waals surface area (Å²) in [5.41, 5.74) is 0.980. The molecule has 0 spiro atoms. The Morgan fingerprint density at radius 1 is 1.69 bits per heavy atom. The van der Waals surface area contributed by atoms with Gasteiger partial charge in [0.15, 0.2) is 0 Å². The Morgan fingerprint density at radius 2 is 2.44 bits per heavy atom. The average Bonchev–Trinajstić information content (AvgIpc) is 2.75. The number of carbonyl (C=O) groups is 1. The third-order valence-corrected chi connectivity index (χ3v) is 3.44. The summed E-state index contributed by atoms with van der Waals surface area (Å²) >= 11 is 1.65. The van der Waals surface area contributed by atoms with Gasteiger partial charge in [-0.25, -0.2) is 4.98 Å². The molecule has 0 saturated heterocycles. The summed E-state index contributed by atoms with van der Waals surface area (Å²) in [5.74, 6) is 0.236. The summed E-state index contributed by atoms with van der Waals surface area (Å²) in [6, 6.07) is 0. The van der Waals surface area contributed by atoms with E-state index in [4.69, 9.17) is 0 Å². The summed E-state index contributed by atoms with van der Waals surface area (Å²) in [5, 5.41) is 6.27. The topological polar surface area (TPSA) is 51.2 Å². The molecule has 0 amide bonds. The first-order valence-corrected chi connectivity index (χ1v) is 6.21. The van der Waals surface area contributed by atoms with Gasteiger partial charge in [-0.1, -0.05) is 6.92 Å². The fourth-order valence-corrected chi connectivity index (χ4v) is 2.30.